The quantitative estimate of drug-likeness (QED) is 0.819. The molecule has 0 fully saturated rings. The van der Waals surface area contributed by atoms with E-state index in [1.165, 1.54) is 16.7 Å². The summed E-state index contributed by atoms with van der Waals surface area (Å²) >= 11 is 11.2. The molecule has 0 spiro atoms. The van der Waals surface area contributed by atoms with Crippen molar-refractivity contribution in [1.29, 1.82) is 0 Å². The van der Waals surface area contributed by atoms with Crippen LogP contribution in [0.2, 0.25) is 5.02 Å². The maximum absolute atomic E-state index is 5.95. The molecule has 110 valence electrons. The van der Waals surface area contributed by atoms with Crippen molar-refractivity contribution in [1.82, 2.24) is 10.6 Å². The summed E-state index contributed by atoms with van der Waals surface area (Å²) < 4.78 is 0. The number of hydrogen-bond acceptors (Lipinski definition) is 1. The Labute approximate surface area is 136 Å². The highest BCUT2D eigenvalue weighted by Gasteiger charge is 2.01. The number of halogens is 1. The van der Waals surface area contributed by atoms with Gasteiger partial charge in [-0.1, -0.05) is 48.0 Å². The average molecular weight is 319 g/mol. The van der Waals surface area contributed by atoms with E-state index >= 15 is 0 Å². The van der Waals surface area contributed by atoms with Crippen molar-refractivity contribution in [3.8, 4) is 0 Å². The zero-order valence-electron chi connectivity index (χ0n) is 12.0. The second kappa shape index (κ2) is 8.01. The predicted molar refractivity (Wildman–Crippen MR) is 93.8 cm³/mol. The molecule has 0 unspecified atom stereocenters. The Morgan fingerprint density at radius 1 is 1.10 bits per heavy atom. The number of rotatable bonds is 5. The minimum absolute atomic E-state index is 0.681. The molecule has 2 nitrogen and oxygen atoms in total. The Morgan fingerprint density at radius 3 is 2.57 bits per heavy atom. The third kappa shape index (κ3) is 5.37. The Balaban J connectivity index is 1.72. The van der Waals surface area contributed by atoms with Gasteiger partial charge < -0.3 is 10.6 Å². The van der Waals surface area contributed by atoms with E-state index in [1.807, 2.05) is 24.3 Å². The standard InChI is InChI=1S/C17H19ClN2S/c1-13-11-16(18)8-7-15(13)12-20-17(21)19-10-9-14-5-3-2-4-6-14/h2-8,11H,9-10,12H2,1H3,(H2,19,20,21). The summed E-state index contributed by atoms with van der Waals surface area (Å²) in [4.78, 5) is 0. The van der Waals surface area contributed by atoms with E-state index in [9.17, 15) is 0 Å². The number of thiocarbonyl (C=S) groups is 1. The highest BCUT2D eigenvalue weighted by atomic mass is 35.5. The van der Waals surface area contributed by atoms with Crippen LogP contribution >= 0.6 is 23.8 Å². The number of nitrogens with one attached hydrogen (secondary N) is 2. The van der Waals surface area contributed by atoms with Crippen molar-refractivity contribution in [2.45, 2.75) is 19.9 Å². The molecule has 0 aliphatic heterocycles. The molecule has 0 saturated heterocycles. The third-order valence-electron chi connectivity index (χ3n) is 3.29. The molecule has 2 aromatic carbocycles. The van der Waals surface area contributed by atoms with Gasteiger partial charge in [-0.25, -0.2) is 0 Å². The molecule has 0 radical (unpaired) electrons. The fraction of sp³-hybridized carbons (Fsp3) is 0.235. The summed E-state index contributed by atoms with van der Waals surface area (Å²) in [6.45, 7) is 3.59. The van der Waals surface area contributed by atoms with E-state index in [2.05, 4.69) is 41.8 Å². The van der Waals surface area contributed by atoms with Crippen molar-refractivity contribution >= 4 is 28.9 Å². The fourth-order valence-corrected chi connectivity index (χ4v) is 2.46. The first kappa shape index (κ1) is 15.8. The summed E-state index contributed by atoms with van der Waals surface area (Å²) in [7, 11) is 0. The van der Waals surface area contributed by atoms with E-state index < -0.39 is 0 Å². The van der Waals surface area contributed by atoms with Gasteiger partial charge in [-0.2, -0.15) is 0 Å². The van der Waals surface area contributed by atoms with Crippen molar-refractivity contribution in [3.05, 3.63) is 70.2 Å². The van der Waals surface area contributed by atoms with E-state index in [1.54, 1.807) is 0 Å². The van der Waals surface area contributed by atoms with Gasteiger partial charge in [0, 0.05) is 18.1 Å². The molecule has 2 N–H and O–H groups in total. The van der Waals surface area contributed by atoms with Crippen LogP contribution in [-0.4, -0.2) is 11.7 Å². The van der Waals surface area contributed by atoms with Crippen molar-refractivity contribution < 1.29 is 0 Å². The minimum atomic E-state index is 0.681. The molecule has 0 heterocycles. The van der Waals surface area contributed by atoms with Crippen LogP contribution in [-0.2, 0) is 13.0 Å². The van der Waals surface area contributed by atoms with Gasteiger partial charge in [-0.3, -0.25) is 0 Å². The van der Waals surface area contributed by atoms with Gasteiger partial charge in [-0.05, 0) is 54.4 Å². The van der Waals surface area contributed by atoms with Crippen LogP contribution in [0, 0.1) is 6.92 Å². The predicted octanol–water partition coefficient (Wildman–Crippen LogP) is 3.86. The molecule has 2 rings (SSSR count). The second-order valence-electron chi connectivity index (χ2n) is 4.92. The maximum atomic E-state index is 5.95. The maximum Gasteiger partial charge on any atom is 0.166 e. The highest BCUT2D eigenvalue weighted by molar-refractivity contribution is 7.80. The number of aryl methyl sites for hydroxylation is 1. The molecule has 2 aromatic rings. The summed E-state index contributed by atoms with van der Waals surface area (Å²) in [5.74, 6) is 0. The van der Waals surface area contributed by atoms with Gasteiger partial charge in [0.1, 0.15) is 0 Å². The highest BCUT2D eigenvalue weighted by Crippen LogP contribution is 2.14. The molecule has 0 aliphatic rings. The minimum Gasteiger partial charge on any atom is -0.362 e. The van der Waals surface area contributed by atoms with Gasteiger partial charge in [0.05, 0.1) is 0 Å². The molecule has 0 atom stereocenters. The van der Waals surface area contributed by atoms with E-state index in [4.69, 9.17) is 23.8 Å². The zero-order chi connectivity index (χ0) is 15.1. The lowest BCUT2D eigenvalue weighted by Crippen LogP contribution is -2.36. The summed E-state index contributed by atoms with van der Waals surface area (Å²) in [6, 6.07) is 16.3. The molecular weight excluding hydrogens is 300 g/mol. The van der Waals surface area contributed by atoms with Crippen molar-refractivity contribution in [2.75, 3.05) is 6.54 Å². The van der Waals surface area contributed by atoms with Gasteiger partial charge in [0.2, 0.25) is 0 Å². The van der Waals surface area contributed by atoms with Gasteiger partial charge in [0.25, 0.3) is 0 Å². The van der Waals surface area contributed by atoms with Crippen LogP contribution < -0.4 is 10.6 Å². The summed E-state index contributed by atoms with van der Waals surface area (Å²) in [5.41, 5.74) is 3.68. The van der Waals surface area contributed by atoms with Crippen LogP contribution in [0.1, 0.15) is 16.7 Å². The first-order chi connectivity index (χ1) is 10.1. The van der Waals surface area contributed by atoms with Crippen LogP contribution in [0.15, 0.2) is 48.5 Å². The van der Waals surface area contributed by atoms with Gasteiger partial charge in [-0.15, -0.1) is 0 Å². The molecule has 0 aromatic heterocycles. The van der Waals surface area contributed by atoms with Crippen LogP contribution in [0.3, 0.4) is 0 Å². The van der Waals surface area contributed by atoms with Crippen LogP contribution in [0.5, 0.6) is 0 Å². The Bertz CT molecular complexity index is 599. The molecular formula is C17H19ClN2S. The molecule has 0 aliphatic carbocycles. The normalized spacial score (nSPS) is 10.2. The smallest absolute Gasteiger partial charge is 0.166 e. The van der Waals surface area contributed by atoms with E-state index in [0.29, 0.717) is 11.7 Å². The molecule has 0 amide bonds. The fourth-order valence-electron chi connectivity index (χ4n) is 2.06. The first-order valence-corrected chi connectivity index (χ1v) is 7.74. The van der Waals surface area contributed by atoms with Crippen LogP contribution in [0.25, 0.3) is 0 Å². The monoisotopic (exact) mass is 318 g/mol. The zero-order valence-corrected chi connectivity index (χ0v) is 13.6. The lowest BCUT2D eigenvalue weighted by molar-refractivity contribution is 0.812. The molecule has 4 heteroatoms. The molecule has 0 saturated carbocycles. The van der Waals surface area contributed by atoms with E-state index in [0.717, 1.165) is 18.0 Å². The largest absolute Gasteiger partial charge is 0.362 e. The molecule has 21 heavy (non-hydrogen) atoms. The van der Waals surface area contributed by atoms with E-state index in [-0.39, 0.29) is 0 Å². The first-order valence-electron chi connectivity index (χ1n) is 6.96. The second-order valence-corrected chi connectivity index (χ2v) is 5.76. The van der Waals surface area contributed by atoms with Gasteiger partial charge >= 0.3 is 0 Å². The number of hydrogen-bond donors (Lipinski definition) is 2. The third-order valence-corrected chi connectivity index (χ3v) is 3.81. The van der Waals surface area contributed by atoms with Gasteiger partial charge in [0.15, 0.2) is 5.11 Å². The van der Waals surface area contributed by atoms with Crippen LogP contribution in [0.4, 0.5) is 0 Å². The number of benzene rings is 2. The summed E-state index contributed by atoms with van der Waals surface area (Å²) in [5, 5.41) is 7.89. The topological polar surface area (TPSA) is 24.1 Å². The lowest BCUT2D eigenvalue weighted by atomic mass is 10.1. The Kier molecular flexibility index (Phi) is 6.03. The summed E-state index contributed by atoms with van der Waals surface area (Å²) in [6.07, 6.45) is 0.961. The SMILES string of the molecule is Cc1cc(Cl)ccc1CNC(=S)NCCc1ccccc1. The Hall–Kier alpha value is -1.58. The van der Waals surface area contributed by atoms with Crippen molar-refractivity contribution in [2.24, 2.45) is 0 Å². The molecule has 0 bridgehead atoms. The lowest BCUT2D eigenvalue weighted by Gasteiger charge is -2.12. The Morgan fingerprint density at radius 2 is 1.86 bits per heavy atom. The van der Waals surface area contributed by atoms with Crippen molar-refractivity contribution in [3.63, 3.8) is 0 Å². The average Bonchev–Trinajstić information content (AvgIpc) is 2.47.